The number of aromatic carboxylic acids is 1. The Morgan fingerprint density at radius 1 is 1.05 bits per heavy atom. The van der Waals surface area contributed by atoms with E-state index in [2.05, 4.69) is 4.72 Å². The first-order valence-electron chi connectivity index (χ1n) is 6.15. The van der Waals surface area contributed by atoms with Crippen LogP contribution in [0.3, 0.4) is 0 Å². The predicted molar refractivity (Wildman–Crippen MR) is 86.4 cm³/mol. The smallest absolute Gasteiger partial charge is 0.335 e. The molecule has 0 aliphatic carbocycles. The van der Waals surface area contributed by atoms with Crippen molar-refractivity contribution >= 4 is 39.4 Å². The van der Waals surface area contributed by atoms with Crippen molar-refractivity contribution in [1.82, 2.24) is 0 Å². The van der Waals surface area contributed by atoms with Crippen molar-refractivity contribution in [3.8, 4) is 0 Å². The van der Waals surface area contributed by atoms with Gasteiger partial charge in [-0.25, -0.2) is 13.2 Å². The van der Waals surface area contributed by atoms with Gasteiger partial charge in [0.1, 0.15) is 0 Å². The number of carboxylic acids is 1. The average Bonchev–Trinajstić information content (AvgIpc) is 2.47. The highest BCUT2D eigenvalue weighted by atomic mass is 35.5. The quantitative estimate of drug-likeness (QED) is 0.875. The van der Waals surface area contributed by atoms with Crippen LogP contribution in [0, 0.1) is 0 Å². The molecule has 0 saturated heterocycles. The van der Waals surface area contributed by atoms with Crippen molar-refractivity contribution in [3.63, 3.8) is 0 Å². The zero-order valence-corrected chi connectivity index (χ0v) is 12.8. The molecule has 2 aromatic rings. The summed E-state index contributed by atoms with van der Waals surface area (Å²) in [6, 6.07) is 12.1. The Kier molecular flexibility index (Phi) is 4.85. The van der Waals surface area contributed by atoms with E-state index >= 15 is 0 Å². The molecule has 0 aromatic heterocycles. The van der Waals surface area contributed by atoms with Gasteiger partial charge in [0.15, 0.2) is 0 Å². The second-order valence-corrected chi connectivity index (χ2v) is 6.39. The van der Waals surface area contributed by atoms with Gasteiger partial charge < -0.3 is 5.11 Å². The van der Waals surface area contributed by atoms with E-state index in [1.54, 1.807) is 24.3 Å². The molecule has 7 heteroatoms. The van der Waals surface area contributed by atoms with E-state index in [-0.39, 0.29) is 11.3 Å². The van der Waals surface area contributed by atoms with E-state index in [0.29, 0.717) is 10.6 Å². The van der Waals surface area contributed by atoms with Gasteiger partial charge in [-0.1, -0.05) is 23.7 Å². The van der Waals surface area contributed by atoms with Gasteiger partial charge in [0.2, 0.25) is 0 Å². The summed E-state index contributed by atoms with van der Waals surface area (Å²) >= 11 is 5.75. The third-order valence-electron chi connectivity index (χ3n) is 2.70. The Labute approximate surface area is 132 Å². The largest absolute Gasteiger partial charge is 0.478 e. The van der Waals surface area contributed by atoms with Crippen LogP contribution in [-0.4, -0.2) is 19.5 Å². The van der Waals surface area contributed by atoms with Crippen LogP contribution in [-0.2, 0) is 10.0 Å². The number of carbonyl (C=O) groups is 1. The molecule has 2 rings (SSSR count). The number of benzene rings is 2. The fourth-order valence-corrected chi connectivity index (χ4v) is 2.62. The van der Waals surface area contributed by atoms with Gasteiger partial charge in [-0.3, -0.25) is 4.72 Å². The number of anilines is 1. The van der Waals surface area contributed by atoms with E-state index in [4.69, 9.17) is 16.7 Å². The third kappa shape index (κ3) is 4.61. The number of rotatable bonds is 5. The first kappa shape index (κ1) is 16.1. The van der Waals surface area contributed by atoms with Gasteiger partial charge in [-0.2, -0.15) is 0 Å². The van der Waals surface area contributed by atoms with Crippen LogP contribution >= 0.6 is 11.6 Å². The normalized spacial score (nSPS) is 11.5. The molecule has 0 bridgehead atoms. The molecule has 2 N–H and O–H groups in total. The van der Waals surface area contributed by atoms with E-state index in [0.717, 1.165) is 5.41 Å². The molecular weight excluding hydrogens is 326 g/mol. The lowest BCUT2D eigenvalue weighted by Gasteiger charge is -2.04. The topological polar surface area (TPSA) is 83.5 Å². The minimum absolute atomic E-state index is 0.0830. The van der Waals surface area contributed by atoms with Gasteiger partial charge in [-0.15, -0.1) is 0 Å². The van der Waals surface area contributed by atoms with E-state index in [1.807, 2.05) is 0 Å². The maximum Gasteiger partial charge on any atom is 0.335 e. The maximum atomic E-state index is 11.9. The number of halogens is 1. The van der Waals surface area contributed by atoms with Gasteiger partial charge in [0.25, 0.3) is 10.0 Å². The van der Waals surface area contributed by atoms with E-state index < -0.39 is 16.0 Å². The van der Waals surface area contributed by atoms with Crippen LogP contribution in [0.5, 0.6) is 0 Å². The number of hydrogen-bond acceptors (Lipinski definition) is 3. The molecule has 0 atom stereocenters. The van der Waals surface area contributed by atoms with Crippen LogP contribution in [0.1, 0.15) is 15.9 Å². The van der Waals surface area contributed by atoms with Crippen molar-refractivity contribution in [3.05, 3.63) is 70.1 Å². The number of carboxylic acid groups (broad SMARTS) is 1. The van der Waals surface area contributed by atoms with Crippen LogP contribution < -0.4 is 4.72 Å². The van der Waals surface area contributed by atoms with Gasteiger partial charge in [-0.05, 0) is 48.0 Å². The zero-order chi connectivity index (χ0) is 16.2. The van der Waals surface area contributed by atoms with Gasteiger partial charge >= 0.3 is 5.97 Å². The Bertz CT molecular complexity index is 796. The standard InChI is InChI=1S/C15H12ClNO4S/c16-13-5-1-11(2-6-13)9-10-22(20,21)17-14-7-3-12(4-8-14)15(18)19/h1-10,17H,(H,18,19). The molecule has 0 aliphatic heterocycles. The highest BCUT2D eigenvalue weighted by molar-refractivity contribution is 7.95. The Morgan fingerprint density at radius 3 is 2.18 bits per heavy atom. The highest BCUT2D eigenvalue weighted by Crippen LogP contribution is 2.14. The maximum absolute atomic E-state index is 11.9. The van der Waals surface area contributed by atoms with Gasteiger partial charge in [0, 0.05) is 10.7 Å². The number of hydrogen-bond donors (Lipinski definition) is 2. The number of sulfonamides is 1. The highest BCUT2D eigenvalue weighted by Gasteiger charge is 2.07. The van der Waals surface area contributed by atoms with Crippen molar-refractivity contribution < 1.29 is 18.3 Å². The molecule has 0 heterocycles. The van der Waals surface area contributed by atoms with E-state index in [9.17, 15) is 13.2 Å². The Hall–Kier alpha value is -2.31. The zero-order valence-electron chi connectivity index (χ0n) is 11.2. The van der Waals surface area contributed by atoms with Crippen molar-refractivity contribution in [1.29, 1.82) is 0 Å². The number of nitrogens with one attached hydrogen (secondary N) is 1. The van der Waals surface area contributed by atoms with E-state index in [1.165, 1.54) is 30.3 Å². The molecule has 0 saturated carbocycles. The molecule has 0 unspecified atom stereocenters. The second-order valence-electron chi connectivity index (χ2n) is 4.38. The Morgan fingerprint density at radius 2 is 1.64 bits per heavy atom. The predicted octanol–water partition coefficient (Wildman–Crippen LogP) is 3.45. The van der Waals surface area contributed by atoms with Crippen molar-refractivity contribution in [2.75, 3.05) is 4.72 Å². The monoisotopic (exact) mass is 337 g/mol. The summed E-state index contributed by atoms with van der Waals surface area (Å²) in [5.74, 6) is -1.07. The van der Waals surface area contributed by atoms with Crippen LogP contribution in [0.25, 0.3) is 6.08 Å². The summed E-state index contributed by atoms with van der Waals surface area (Å²) in [5.41, 5.74) is 1.06. The lowest BCUT2D eigenvalue weighted by Crippen LogP contribution is -2.09. The Balaban J connectivity index is 2.10. The molecule has 0 aliphatic rings. The molecule has 5 nitrogen and oxygen atoms in total. The molecule has 0 spiro atoms. The van der Waals surface area contributed by atoms with Crippen LogP contribution in [0.2, 0.25) is 5.02 Å². The molecule has 2 aromatic carbocycles. The molecule has 114 valence electrons. The van der Waals surface area contributed by atoms with Crippen LogP contribution in [0.4, 0.5) is 5.69 Å². The summed E-state index contributed by atoms with van der Waals surface area (Å²) in [6.07, 6.45) is 1.43. The van der Waals surface area contributed by atoms with Crippen molar-refractivity contribution in [2.24, 2.45) is 0 Å². The summed E-state index contributed by atoms with van der Waals surface area (Å²) in [4.78, 5) is 10.7. The first-order chi connectivity index (χ1) is 10.4. The lowest BCUT2D eigenvalue weighted by atomic mass is 10.2. The molecule has 22 heavy (non-hydrogen) atoms. The summed E-state index contributed by atoms with van der Waals surface area (Å²) in [5, 5.41) is 10.4. The summed E-state index contributed by atoms with van der Waals surface area (Å²) < 4.78 is 26.2. The minimum atomic E-state index is -3.69. The molecule has 0 radical (unpaired) electrons. The SMILES string of the molecule is O=C(O)c1ccc(NS(=O)(=O)C=Cc2ccc(Cl)cc2)cc1. The van der Waals surface area contributed by atoms with Crippen LogP contribution in [0.15, 0.2) is 53.9 Å². The first-order valence-corrected chi connectivity index (χ1v) is 8.08. The third-order valence-corrected chi connectivity index (χ3v) is 3.97. The minimum Gasteiger partial charge on any atom is -0.478 e. The lowest BCUT2D eigenvalue weighted by molar-refractivity contribution is 0.0697. The fraction of sp³-hybridized carbons (Fsp3) is 0. The molecule has 0 amide bonds. The molecule has 0 fully saturated rings. The fourth-order valence-electron chi connectivity index (χ4n) is 1.62. The average molecular weight is 338 g/mol. The summed E-state index contributed by atoms with van der Waals surface area (Å²) in [7, 11) is -3.69. The molecular formula is C15H12ClNO4S. The van der Waals surface area contributed by atoms with Gasteiger partial charge in [0.05, 0.1) is 11.0 Å². The summed E-state index contributed by atoms with van der Waals surface area (Å²) in [6.45, 7) is 0. The van der Waals surface area contributed by atoms with Crippen molar-refractivity contribution in [2.45, 2.75) is 0 Å². The second kappa shape index (κ2) is 6.64.